The van der Waals surface area contributed by atoms with Crippen molar-refractivity contribution in [2.45, 2.75) is 37.8 Å². The van der Waals surface area contributed by atoms with Crippen LogP contribution in [-0.4, -0.2) is 13.7 Å². The molecule has 0 aromatic carbocycles. The second kappa shape index (κ2) is 3.18. The van der Waals surface area contributed by atoms with Gasteiger partial charge in [0, 0.05) is 5.56 Å². The zero-order valence-electron chi connectivity index (χ0n) is 8.29. The molecule has 0 N–H and O–H groups in total. The summed E-state index contributed by atoms with van der Waals surface area (Å²) in [5.41, 5.74) is 0.686. The summed E-state index contributed by atoms with van der Waals surface area (Å²) in [5, 5.41) is -0.400. The predicted octanol–water partition coefficient (Wildman–Crippen LogP) is 2.08. The van der Waals surface area contributed by atoms with Gasteiger partial charge in [0.1, 0.15) is 10.7 Å². The summed E-state index contributed by atoms with van der Waals surface area (Å²) < 4.78 is 28.6. The zero-order valence-corrected chi connectivity index (χ0v) is 9.10. The van der Waals surface area contributed by atoms with E-state index in [1.54, 1.807) is 27.7 Å². The van der Waals surface area contributed by atoms with E-state index < -0.39 is 15.1 Å². The van der Waals surface area contributed by atoms with E-state index in [0.717, 1.165) is 0 Å². The molecule has 0 aliphatic heterocycles. The quantitative estimate of drug-likeness (QED) is 0.737. The van der Waals surface area contributed by atoms with Crippen LogP contribution in [0.3, 0.4) is 0 Å². The molecule has 0 unspecified atom stereocenters. The van der Waals surface area contributed by atoms with Gasteiger partial charge in [0.2, 0.25) is 0 Å². The predicted molar refractivity (Wildman–Crippen MR) is 50.5 cm³/mol. The van der Waals surface area contributed by atoms with Gasteiger partial charge in [-0.1, -0.05) is 0 Å². The van der Waals surface area contributed by atoms with Crippen molar-refractivity contribution in [2.24, 2.45) is 0 Å². The molecular formula is C9H14O3S. The Morgan fingerprint density at radius 2 is 1.85 bits per heavy atom. The van der Waals surface area contributed by atoms with Crippen molar-refractivity contribution in [2.75, 3.05) is 0 Å². The summed E-state index contributed by atoms with van der Waals surface area (Å²) in [6.07, 6.45) is 1.48. The van der Waals surface area contributed by atoms with E-state index in [2.05, 4.69) is 0 Å². The molecule has 0 amide bonds. The van der Waals surface area contributed by atoms with Crippen molar-refractivity contribution in [1.29, 1.82) is 0 Å². The third-order valence-corrected chi connectivity index (χ3v) is 4.42. The number of aryl methyl sites for hydroxylation is 2. The number of rotatable bonds is 2. The molecular weight excluding hydrogens is 188 g/mol. The maximum atomic E-state index is 11.8. The molecule has 1 aromatic rings. The third kappa shape index (κ3) is 1.63. The van der Waals surface area contributed by atoms with Crippen LogP contribution >= 0.6 is 0 Å². The van der Waals surface area contributed by atoms with E-state index in [4.69, 9.17) is 4.42 Å². The number of hydrogen-bond donors (Lipinski definition) is 0. The van der Waals surface area contributed by atoms with Crippen LogP contribution in [0.15, 0.2) is 15.6 Å². The Balaban J connectivity index is 3.38. The van der Waals surface area contributed by atoms with E-state index in [1.165, 1.54) is 6.26 Å². The zero-order chi connectivity index (χ0) is 10.2. The molecule has 0 aliphatic carbocycles. The first-order valence-electron chi connectivity index (χ1n) is 4.16. The van der Waals surface area contributed by atoms with Gasteiger partial charge in [-0.15, -0.1) is 0 Å². The molecule has 0 radical (unpaired) electrons. The van der Waals surface area contributed by atoms with Gasteiger partial charge in [-0.3, -0.25) is 0 Å². The summed E-state index contributed by atoms with van der Waals surface area (Å²) in [6.45, 7) is 6.75. The molecule has 0 saturated carbocycles. The van der Waals surface area contributed by atoms with Gasteiger partial charge < -0.3 is 4.42 Å². The summed E-state index contributed by atoms with van der Waals surface area (Å²) in [6, 6.07) is 0. The second-order valence-corrected chi connectivity index (χ2v) is 5.84. The molecule has 13 heavy (non-hydrogen) atoms. The molecule has 0 spiro atoms. The van der Waals surface area contributed by atoms with Crippen LogP contribution in [0.5, 0.6) is 0 Å². The molecule has 0 saturated heterocycles. The van der Waals surface area contributed by atoms with Gasteiger partial charge in [-0.2, -0.15) is 0 Å². The molecule has 1 heterocycles. The Labute approximate surface area is 78.7 Å². The van der Waals surface area contributed by atoms with Gasteiger partial charge in [0.05, 0.1) is 11.5 Å². The van der Waals surface area contributed by atoms with Crippen molar-refractivity contribution in [3.05, 3.63) is 17.6 Å². The smallest absolute Gasteiger partial charge is 0.184 e. The minimum atomic E-state index is -3.19. The van der Waals surface area contributed by atoms with E-state index in [9.17, 15) is 8.42 Å². The molecule has 74 valence electrons. The standard InChI is InChI=1S/C9H14O3S/c1-6(2)13(10,11)9-7(3)5-12-8(9)4/h5-6H,1-4H3. The Morgan fingerprint density at radius 1 is 1.31 bits per heavy atom. The molecule has 3 nitrogen and oxygen atoms in total. The number of hydrogen-bond acceptors (Lipinski definition) is 3. The monoisotopic (exact) mass is 202 g/mol. The van der Waals surface area contributed by atoms with E-state index >= 15 is 0 Å². The summed E-state index contributed by atoms with van der Waals surface area (Å²) >= 11 is 0. The number of sulfone groups is 1. The SMILES string of the molecule is Cc1coc(C)c1S(=O)(=O)C(C)C. The van der Waals surface area contributed by atoms with Crippen LogP contribution < -0.4 is 0 Å². The largest absolute Gasteiger partial charge is 0.468 e. The Hall–Kier alpha value is -0.770. The number of furan rings is 1. The van der Waals surface area contributed by atoms with Gasteiger partial charge in [0.25, 0.3) is 0 Å². The van der Waals surface area contributed by atoms with Gasteiger partial charge >= 0.3 is 0 Å². The Bertz CT molecular complexity index is 379. The highest BCUT2D eigenvalue weighted by Crippen LogP contribution is 2.25. The van der Waals surface area contributed by atoms with Crippen LogP contribution in [0, 0.1) is 13.8 Å². The van der Waals surface area contributed by atoms with Gasteiger partial charge in [-0.25, -0.2) is 8.42 Å². The van der Waals surface area contributed by atoms with Crippen LogP contribution in [0.2, 0.25) is 0 Å². The average molecular weight is 202 g/mol. The van der Waals surface area contributed by atoms with Crippen LogP contribution in [0.4, 0.5) is 0 Å². The summed E-state index contributed by atoms with van der Waals surface area (Å²) in [5.74, 6) is 0.478. The first-order valence-corrected chi connectivity index (χ1v) is 5.70. The normalized spacial score (nSPS) is 12.4. The van der Waals surface area contributed by atoms with Crippen molar-refractivity contribution in [3.8, 4) is 0 Å². The van der Waals surface area contributed by atoms with Crippen LogP contribution in [-0.2, 0) is 9.84 Å². The first kappa shape index (κ1) is 10.3. The molecule has 0 aliphatic rings. The van der Waals surface area contributed by atoms with E-state index in [-0.39, 0.29) is 0 Å². The van der Waals surface area contributed by atoms with Gasteiger partial charge in [-0.05, 0) is 27.7 Å². The van der Waals surface area contributed by atoms with Crippen LogP contribution in [0.1, 0.15) is 25.2 Å². The molecule has 0 fully saturated rings. The van der Waals surface area contributed by atoms with Crippen LogP contribution in [0.25, 0.3) is 0 Å². The third-order valence-electron chi connectivity index (χ3n) is 2.00. The topological polar surface area (TPSA) is 47.3 Å². The highest BCUT2D eigenvalue weighted by Gasteiger charge is 2.25. The fourth-order valence-electron chi connectivity index (χ4n) is 1.22. The second-order valence-electron chi connectivity index (χ2n) is 3.40. The molecule has 1 rings (SSSR count). The van der Waals surface area contributed by atoms with Crippen molar-refractivity contribution >= 4 is 9.84 Å². The molecule has 0 atom stereocenters. The highest BCUT2D eigenvalue weighted by molar-refractivity contribution is 7.92. The summed E-state index contributed by atoms with van der Waals surface area (Å²) in [7, 11) is -3.19. The minimum Gasteiger partial charge on any atom is -0.468 e. The van der Waals surface area contributed by atoms with Crippen molar-refractivity contribution in [3.63, 3.8) is 0 Å². The average Bonchev–Trinajstić information content (AvgIpc) is 2.30. The van der Waals surface area contributed by atoms with Crippen molar-refractivity contribution in [1.82, 2.24) is 0 Å². The lowest BCUT2D eigenvalue weighted by molar-refractivity contribution is 0.521. The van der Waals surface area contributed by atoms with E-state index in [1.807, 2.05) is 0 Å². The fraction of sp³-hybridized carbons (Fsp3) is 0.556. The highest BCUT2D eigenvalue weighted by atomic mass is 32.2. The lowest BCUT2D eigenvalue weighted by atomic mass is 10.3. The lowest BCUT2D eigenvalue weighted by Crippen LogP contribution is -2.15. The molecule has 0 bridgehead atoms. The Morgan fingerprint density at radius 3 is 2.15 bits per heavy atom. The molecule has 4 heteroatoms. The summed E-state index contributed by atoms with van der Waals surface area (Å²) in [4.78, 5) is 0.350. The van der Waals surface area contributed by atoms with Gasteiger partial charge in [0.15, 0.2) is 9.84 Å². The Kier molecular flexibility index (Phi) is 2.52. The lowest BCUT2D eigenvalue weighted by Gasteiger charge is -2.06. The van der Waals surface area contributed by atoms with E-state index in [0.29, 0.717) is 16.2 Å². The fourth-order valence-corrected chi connectivity index (χ4v) is 2.64. The van der Waals surface area contributed by atoms with Crippen molar-refractivity contribution < 1.29 is 12.8 Å². The maximum absolute atomic E-state index is 11.8. The minimum absolute atomic E-state index is 0.350. The molecule has 1 aromatic heterocycles. The maximum Gasteiger partial charge on any atom is 0.184 e. The first-order chi connectivity index (χ1) is 5.87.